The van der Waals surface area contributed by atoms with Crippen LogP contribution in [0.3, 0.4) is 0 Å². The molecule has 0 fully saturated rings. The number of carbonyl (C=O) groups is 1. The number of hydrogen-bond donors (Lipinski definition) is 8. The van der Waals surface area contributed by atoms with Crippen molar-refractivity contribution in [2.75, 3.05) is 0 Å². The summed E-state index contributed by atoms with van der Waals surface area (Å²) in [6, 6.07) is 0. The molecule has 0 aromatic rings. The predicted molar refractivity (Wildman–Crippen MR) is 61.5 cm³/mol. The summed E-state index contributed by atoms with van der Waals surface area (Å²) in [5.41, 5.74) is -0.0432. The van der Waals surface area contributed by atoms with Crippen molar-refractivity contribution in [1.82, 2.24) is 0 Å². The molecule has 0 aromatic heterocycles. The summed E-state index contributed by atoms with van der Waals surface area (Å²) in [7, 11) is -10.1. The molecule has 1 unspecified atom stereocenters. The summed E-state index contributed by atoms with van der Waals surface area (Å²) in [5.74, 6) is -4.49. The predicted octanol–water partition coefficient (Wildman–Crippen LogP) is -2.76. The fourth-order valence-electron chi connectivity index (χ4n) is 0.420. The highest BCUT2D eigenvalue weighted by molar-refractivity contribution is 7.60. The largest absolute Gasteiger partial charge is 0.478 e. The number of aliphatic hydroxyl groups excluding tert-OH is 1. The standard InChI is InChI=1S/C6H10O6.H4O7P2/c1-3(2)4(7)12-5(8)6(9,10)11;1-8(2,3)7-9(4,5)6/h5,8-11H,1H2,2H3;(H2,1,2,3)(H2,4,5,6). The minimum atomic E-state index is -5.05. The van der Waals surface area contributed by atoms with Crippen molar-refractivity contribution in [3.05, 3.63) is 12.2 Å². The van der Waals surface area contributed by atoms with E-state index in [9.17, 15) is 13.9 Å². The van der Waals surface area contributed by atoms with E-state index in [0.717, 1.165) is 0 Å². The van der Waals surface area contributed by atoms with Crippen LogP contribution in [0.25, 0.3) is 0 Å². The Labute approximate surface area is 117 Å². The zero-order valence-corrected chi connectivity index (χ0v) is 12.1. The average Bonchev–Trinajstić information content (AvgIpc) is 2.10. The number of carbonyl (C=O) groups excluding carboxylic acids is 1. The van der Waals surface area contributed by atoms with Crippen LogP contribution in [-0.2, 0) is 23.0 Å². The lowest BCUT2D eigenvalue weighted by molar-refractivity contribution is -0.396. The summed E-state index contributed by atoms with van der Waals surface area (Å²) in [6.07, 6.45) is -2.42. The van der Waals surface area contributed by atoms with Gasteiger partial charge in [0, 0.05) is 5.57 Å². The molecule has 126 valence electrons. The molecule has 0 heterocycles. The van der Waals surface area contributed by atoms with E-state index in [1.54, 1.807) is 0 Å². The van der Waals surface area contributed by atoms with Crippen LogP contribution in [0.4, 0.5) is 0 Å². The molecule has 13 nitrogen and oxygen atoms in total. The van der Waals surface area contributed by atoms with Crippen molar-refractivity contribution in [2.24, 2.45) is 0 Å². The number of phosphoric acid groups is 2. The highest BCUT2D eigenvalue weighted by atomic mass is 31.3. The van der Waals surface area contributed by atoms with Crippen molar-refractivity contribution in [3.8, 4) is 0 Å². The first kappa shape index (κ1) is 22.6. The van der Waals surface area contributed by atoms with Gasteiger partial charge in [-0.2, -0.15) is 4.31 Å². The normalized spacial score (nSPS) is 13.8. The second kappa shape index (κ2) is 8.08. The highest BCUT2D eigenvalue weighted by Gasteiger charge is 2.34. The molecule has 8 N–H and O–H groups in total. The fourth-order valence-corrected chi connectivity index (χ4v) is 1.53. The van der Waals surface area contributed by atoms with E-state index in [4.69, 9.17) is 40.0 Å². The molecule has 0 aliphatic heterocycles. The molecule has 0 rings (SSSR count). The van der Waals surface area contributed by atoms with E-state index in [1.807, 2.05) is 0 Å². The fraction of sp³-hybridized carbons (Fsp3) is 0.500. The Kier molecular flexibility index (Phi) is 8.69. The molecule has 0 spiro atoms. The van der Waals surface area contributed by atoms with E-state index in [0.29, 0.717) is 0 Å². The third-order valence-electron chi connectivity index (χ3n) is 1.11. The smallest absolute Gasteiger partial charge is 0.424 e. The summed E-state index contributed by atoms with van der Waals surface area (Å²) >= 11 is 0. The van der Waals surface area contributed by atoms with Crippen LogP contribution in [0.15, 0.2) is 12.2 Å². The Morgan fingerprint density at radius 2 is 1.43 bits per heavy atom. The van der Waals surface area contributed by atoms with Crippen LogP contribution < -0.4 is 0 Å². The van der Waals surface area contributed by atoms with Gasteiger partial charge in [0.1, 0.15) is 0 Å². The third kappa shape index (κ3) is 15.5. The van der Waals surface area contributed by atoms with Crippen LogP contribution in [-0.4, -0.2) is 58.2 Å². The number of esters is 1. The molecule has 15 heteroatoms. The van der Waals surface area contributed by atoms with Gasteiger partial charge in [-0.1, -0.05) is 6.58 Å². The minimum Gasteiger partial charge on any atom is -0.424 e. The monoisotopic (exact) mass is 356 g/mol. The first-order chi connectivity index (χ1) is 8.96. The Morgan fingerprint density at radius 1 is 1.10 bits per heavy atom. The Hall–Kier alpha value is -0.690. The van der Waals surface area contributed by atoms with Gasteiger partial charge in [0.25, 0.3) is 6.29 Å². The topological polar surface area (TPSA) is 232 Å². The molecular weight excluding hydrogens is 342 g/mol. The lowest BCUT2D eigenvalue weighted by Crippen LogP contribution is -2.44. The summed E-state index contributed by atoms with van der Waals surface area (Å²) in [5, 5.41) is 33.4. The maximum absolute atomic E-state index is 10.6. The van der Waals surface area contributed by atoms with Gasteiger partial charge in [0.2, 0.25) is 0 Å². The van der Waals surface area contributed by atoms with Gasteiger partial charge in [-0.05, 0) is 6.92 Å². The van der Waals surface area contributed by atoms with Crippen molar-refractivity contribution >= 4 is 21.6 Å². The molecule has 0 aromatic carbocycles. The van der Waals surface area contributed by atoms with Crippen LogP contribution in [0, 0.1) is 0 Å². The maximum atomic E-state index is 10.6. The number of aliphatic hydroxyl groups is 4. The van der Waals surface area contributed by atoms with Gasteiger partial charge in [0.05, 0.1) is 0 Å². The molecule has 0 bridgehead atoms. The zero-order chi connectivity index (χ0) is 17.6. The summed E-state index contributed by atoms with van der Waals surface area (Å²) in [4.78, 5) is 41.6. The lowest BCUT2D eigenvalue weighted by atomic mass is 10.4. The Morgan fingerprint density at radius 3 is 1.57 bits per heavy atom. The van der Waals surface area contributed by atoms with Gasteiger partial charge in [-0.15, -0.1) is 0 Å². The van der Waals surface area contributed by atoms with Crippen molar-refractivity contribution < 1.29 is 63.0 Å². The molecular formula is C6H14O13P2. The number of hydrogen-bond acceptors (Lipinski definition) is 9. The van der Waals surface area contributed by atoms with Gasteiger partial charge in [-0.3, -0.25) is 0 Å². The molecule has 1 atom stereocenters. The van der Waals surface area contributed by atoms with Crippen LogP contribution >= 0.6 is 15.6 Å². The Bertz CT molecular complexity index is 432. The lowest BCUT2D eigenvalue weighted by Gasteiger charge is -2.20. The molecule has 0 aliphatic carbocycles. The summed E-state index contributed by atoms with van der Waals surface area (Å²) in [6.45, 7) is 4.45. The second-order valence-electron chi connectivity index (χ2n) is 3.29. The average molecular weight is 356 g/mol. The molecule has 0 amide bonds. The molecule has 0 saturated heterocycles. The summed E-state index contributed by atoms with van der Waals surface area (Å²) < 4.78 is 26.2. The number of ether oxygens (including phenoxy) is 1. The van der Waals surface area contributed by atoms with Gasteiger partial charge in [-0.25, -0.2) is 13.9 Å². The number of rotatable bonds is 5. The van der Waals surface area contributed by atoms with Gasteiger partial charge in [0.15, 0.2) is 0 Å². The van der Waals surface area contributed by atoms with Crippen molar-refractivity contribution in [1.29, 1.82) is 0 Å². The van der Waals surface area contributed by atoms with E-state index >= 15 is 0 Å². The van der Waals surface area contributed by atoms with Crippen LogP contribution in [0.1, 0.15) is 6.92 Å². The highest BCUT2D eigenvalue weighted by Crippen LogP contribution is 2.53. The maximum Gasteiger partial charge on any atom is 0.478 e. The second-order valence-corrected chi connectivity index (χ2v) is 5.90. The van der Waals surface area contributed by atoms with Gasteiger partial charge >= 0.3 is 27.6 Å². The molecule has 21 heavy (non-hydrogen) atoms. The first-order valence-corrected chi connectivity index (χ1v) is 7.56. The van der Waals surface area contributed by atoms with Crippen molar-refractivity contribution in [3.63, 3.8) is 0 Å². The van der Waals surface area contributed by atoms with E-state index in [-0.39, 0.29) is 5.57 Å². The van der Waals surface area contributed by atoms with Crippen LogP contribution in [0.5, 0.6) is 0 Å². The van der Waals surface area contributed by atoms with Crippen LogP contribution in [0.2, 0.25) is 0 Å². The van der Waals surface area contributed by atoms with Crippen molar-refractivity contribution in [2.45, 2.75) is 19.2 Å². The molecule has 0 radical (unpaired) electrons. The zero-order valence-electron chi connectivity index (χ0n) is 10.3. The Balaban J connectivity index is 0. The quantitative estimate of drug-likeness (QED) is 0.108. The third-order valence-corrected chi connectivity index (χ3v) is 2.81. The van der Waals surface area contributed by atoms with E-state index in [1.165, 1.54) is 6.92 Å². The molecule has 0 aliphatic rings. The van der Waals surface area contributed by atoms with E-state index in [2.05, 4.69) is 15.6 Å². The SMILES string of the molecule is C=C(C)C(=O)OC(O)C(O)(O)O.O=P(O)(O)OP(=O)(O)O. The molecule has 0 saturated carbocycles. The van der Waals surface area contributed by atoms with E-state index < -0.39 is 33.9 Å². The minimum absolute atomic E-state index is 0.0432. The van der Waals surface area contributed by atoms with Gasteiger partial charge < -0.3 is 44.7 Å². The first-order valence-electron chi connectivity index (χ1n) is 4.50.